The molecule has 0 atom stereocenters. The van der Waals surface area contributed by atoms with Crippen molar-refractivity contribution in [2.45, 2.75) is 6.92 Å². The Bertz CT molecular complexity index is 612. The van der Waals surface area contributed by atoms with Crippen LogP contribution in [-0.4, -0.2) is 19.4 Å². The van der Waals surface area contributed by atoms with Gasteiger partial charge in [-0.25, -0.2) is 4.79 Å². The average Bonchev–Trinajstić information content (AvgIpc) is 2.98. The third kappa shape index (κ3) is 2.27. The number of carbonyl (C=O) groups excluding carboxylic acids is 1. The Morgan fingerprint density at radius 2 is 2.11 bits per heavy atom. The van der Waals surface area contributed by atoms with E-state index in [-0.39, 0.29) is 6.79 Å². The van der Waals surface area contributed by atoms with Gasteiger partial charge < -0.3 is 18.6 Å². The van der Waals surface area contributed by atoms with Crippen molar-refractivity contribution in [3.05, 3.63) is 30.0 Å². The van der Waals surface area contributed by atoms with Gasteiger partial charge in [0, 0.05) is 17.5 Å². The van der Waals surface area contributed by atoms with Crippen molar-refractivity contribution >= 4 is 23.0 Å². The van der Waals surface area contributed by atoms with E-state index in [2.05, 4.69) is 0 Å². The smallest absolute Gasteiger partial charge is 0.330 e. The SMILES string of the molecule is CCOC(=O)/C=C/c1cc2cc3c(cc2o1)OCO3. The van der Waals surface area contributed by atoms with E-state index in [4.69, 9.17) is 18.6 Å². The topological polar surface area (TPSA) is 57.9 Å². The third-order valence-electron chi connectivity index (χ3n) is 2.70. The van der Waals surface area contributed by atoms with E-state index in [0.29, 0.717) is 29.4 Å². The largest absolute Gasteiger partial charge is 0.463 e. The van der Waals surface area contributed by atoms with Crippen LogP contribution in [0.5, 0.6) is 11.5 Å². The van der Waals surface area contributed by atoms with Crippen molar-refractivity contribution in [3.8, 4) is 11.5 Å². The van der Waals surface area contributed by atoms with Crippen LogP contribution in [0.15, 0.2) is 28.7 Å². The number of fused-ring (bicyclic) bond motifs is 2. The minimum atomic E-state index is -0.392. The maximum absolute atomic E-state index is 11.2. The van der Waals surface area contributed by atoms with Crippen molar-refractivity contribution < 1.29 is 23.4 Å². The van der Waals surface area contributed by atoms with Crippen LogP contribution in [0.2, 0.25) is 0 Å². The fraction of sp³-hybridized carbons (Fsp3) is 0.214. The number of esters is 1. The molecule has 1 aliphatic rings. The third-order valence-corrected chi connectivity index (χ3v) is 2.70. The molecule has 1 aromatic heterocycles. The predicted molar refractivity (Wildman–Crippen MR) is 68.0 cm³/mol. The van der Waals surface area contributed by atoms with Crippen LogP contribution < -0.4 is 9.47 Å². The Hall–Kier alpha value is -2.43. The molecule has 0 saturated carbocycles. The molecule has 0 spiro atoms. The first-order chi connectivity index (χ1) is 9.26. The highest BCUT2D eigenvalue weighted by molar-refractivity contribution is 5.89. The number of rotatable bonds is 3. The normalized spacial score (nSPS) is 13.3. The lowest BCUT2D eigenvalue weighted by Gasteiger charge is -1.93. The minimum absolute atomic E-state index is 0.234. The lowest BCUT2D eigenvalue weighted by Crippen LogP contribution is -1.98. The van der Waals surface area contributed by atoms with Crippen molar-refractivity contribution in [1.29, 1.82) is 0 Å². The Kier molecular flexibility index (Phi) is 2.87. The summed E-state index contributed by atoms with van der Waals surface area (Å²) in [6.45, 7) is 2.34. The van der Waals surface area contributed by atoms with Crippen LogP contribution in [0.1, 0.15) is 12.7 Å². The van der Waals surface area contributed by atoms with E-state index in [9.17, 15) is 4.79 Å². The molecule has 0 saturated heterocycles. The standard InChI is InChI=1S/C14H12O5/c1-2-16-14(15)4-3-10-5-9-6-12-13(18-8-17-12)7-11(9)19-10/h3-7H,2,8H2,1H3/b4-3+. The molecule has 2 aromatic rings. The summed E-state index contributed by atoms with van der Waals surface area (Å²) in [7, 11) is 0. The molecule has 2 heterocycles. The predicted octanol–water partition coefficient (Wildman–Crippen LogP) is 2.74. The average molecular weight is 260 g/mol. The van der Waals surface area contributed by atoms with Crippen LogP contribution in [0.4, 0.5) is 0 Å². The molecule has 0 fully saturated rings. The van der Waals surface area contributed by atoms with Crippen LogP contribution in [0, 0.1) is 0 Å². The molecule has 1 aromatic carbocycles. The van der Waals surface area contributed by atoms with Gasteiger partial charge >= 0.3 is 5.97 Å². The Labute approximate surface area is 109 Å². The van der Waals surface area contributed by atoms with Crippen molar-refractivity contribution in [1.82, 2.24) is 0 Å². The molecule has 0 unspecified atom stereocenters. The van der Waals surface area contributed by atoms with Gasteiger partial charge in [0.15, 0.2) is 11.5 Å². The first-order valence-electron chi connectivity index (χ1n) is 5.94. The lowest BCUT2D eigenvalue weighted by atomic mass is 10.2. The van der Waals surface area contributed by atoms with E-state index in [0.717, 1.165) is 5.39 Å². The second-order valence-electron chi connectivity index (χ2n) is 3.98. The number of furan rings is 1. The summed E-state index contributed by atoms with van der Waals surface area (Å²) in [6, 6.07) is 5.45. The molecule has 0 amide bonds. The first-order valence-corrected chi connectivity index (χ1v) is 5.94. The summed E-state index contributed by atoms with van der Waals surface area (Å²) in [4.78, 5) is 11.2. The van der Waals surface area contributed by atoms with Crippen molar-refractivity contribution in [2.24, 2.45) is 0 Å². The highest BCUT2D eigenvalue weighted by Crippen LogP contribution is 2.37. The fourth-order valence-corrected chi connectivity index (χ4v) is 1.87. The maximum atomic E-state index is 11.2. The molecule has 3 rings (SSSR count). The highest BCUT2D eigenvalue weighted by Gasteiger charge is 2.16. The number of hydrogen-bond acceptors (Lipinski definition) is 5. The van der Waals surface area contributed by atoms with Gasteiger partial charge in [-0.05, 0) is 25.1 Å². The van der Waals surface area contributed by atoms with Crippen LogP contribution in [0.3, 0.4) is 0 Å². The molecule has 0 N–H and O–H groups in total. The molecule has 19 heavy (non-hydrogen) atoms. The van der Waals surface area contributed by atoms with Crippen molar-refractivity contribution in [3.63, 3.8) is 0 Å². The van der Waals surface area contributed by atoms with Gasteiger partial charge in [0.05, 0.1) is 6.61 Å². The van der Waals surface area contributed by atoms with Gasteiger partial charge in [0.1, 0.15) is 11.3 Å². The summed E-state index contributed by atoms with van der Waals surface area (Å²) in [5.41, 5.74) is 0.688. The number of carbonyl (C=O) groups is 1. The number of hydrogen-bond donors (Lipinski definition) is 0. The molecule has 5 nitrogen and oxygen atoms in total. The Balaban J connectivity index is 1.88. The Morgan fingerprint density at radius 3 is 2.89 bits per heavy atom. The molecule has 0 aliphatic carbocycles. The van der Waals surface area contributed by atoms with Crippen molar-refractivity contribution in [2.75, 3.05) is 13.4 Å². The molecule has 0 bridgehead atoms. The monoisotopic (exact) mass is 260 g/mol. The first kappa shape index (κ1) is 11.6. The van der Waals surface area contributed by atoms with E-state index in [1.807, 2.05) is 12.1 Å². The molecule has 5 heteroatoms. The van der Waals surface area contributed by atoms with Gasteiger partial charge in [-0.15, -0.1) is 0 Å². The van der Waals surface area contributed by atoms with E-state index in [1.165, 1.54) is 6.08 Å². The van der Waals surface area contributed by atoms with Gasteiger partial charge in [-0.2, -0.15) is 0 Å². The number of benzene rings is 1. The molecule has 98 valence electrons. The second-order valence-corrected chi connectivity index (χ2v) is 3.98. The maximum Gasteiger partial charge on any atom is 0.330 e. The summed E-state index contributed by atoms with van der Waals surface area (Å²) in [6.07, 6.45) is 2.91. The number of ether oxygens (including phenoxy) is 3. The summed E-state index contributed by atoms with van der Waals surface area (Å²) >= 11 is 0. The molecule has 0 radical (unpaired) electrons. The fourth-order valence-electron chi connectivity index (χ4n) is 1.87. The van der Waals surface area contributed by atoms with Gasteiger partial charge in [-0.1, -0.05) is 0 Å². The van der Waals surface area contributed by atoms with E-state index < -0.39 is 5.97 Å². The van der Waals surface area contributed by atoms with E-state index in [1.54, 1.807) is 19.1 Å². The van der Waals surface area contributed by atoms with Crippen LogP contribution in [0.25, 0.3) is 17.0 Å². The van der Waals surface area contributed by atoms with Crippen LogP contribution >= 0.6 is 0 Å². The van der Waals surface area contributed by atoms with Crippen LogP contribution in [-0.2, 0) is 9.53 Å². The summed E-state index contributed by atoms with van der Waals surface area (Å²) in [5.74, 6) is 1.56. The zero-order chi connectivity index (χ0) is 13.2. The van der Waals surface area contributed by atoms with Gasteiger partial charge in [0.25, 0.3) is 0 Å². The van der Waals surface area contributed by atoms with E-state index >= 15 is 0 Å². The quantitative estimate of drug-likeness (QED) is 0.627. The highest BCUT2D eigenvalue weighted by atomic mass is 16.7. The summed E-state index contributed by atoms with van der Waals surface area (Å²) < 4.78 is 20.9. The summed E-state index contributed by atoms with van der Waals surface area (Å²) in [5, 5.41) is 0.896. The lowest BCUT2D eigenvalue weighted by molar-refractivity contribution is -0.137. The minimum Gasteiger partial charge on any atom is -0.463 e. The van der Waals surface area contributed by atoms with Gasteiger partial charge in [-0.3, -0.25) is 0 Å². The molecular formula is C14H12O5. The molecular weight excluding hydrogens is 248 g/mol. The zero-order valence-electron chi connectivity index (χ0n) is 10.3. The zero-order valence-corrected chi connectivity index (χ0v) is 10.3. The second kappa shape index (κ2) is 4.68. The Morgan fingerprint density at radius 1 is 1.32 bits per heavy atom. The molecule has 1 aliphatic heterocycles. The van der Waals surface area contributed by atoms with Gasteiger partial charge in [0.2, 0.25) is 6.79 Å².